The van der Waals surface area contributed by atoms with E-state index in [2.05, 4.69) is 10.6 Å². The van der Waals surface area contributed by atoms with Crippen LogP contribution in [-0.4, -0.2) is 23.1 Å². The third-order valence-electron chi connectivity index (χ3n) is 2.10. The van der Waals surface area contributed by atoms with Gasteiger partial charge in [-0.1, -0.05) is 18.2 Å². The summed E-state index contributed by atoms with van der Waals surface area (Å²) in [6.07, 6.45) is 2.61. The van der Waals surface area contributed by atoms with Crippen molar-refractivity contribution >= 4 is 18.1 Å². The van der Waals surface area contributed by atoms with Crippen LogP contribution >= 0.6 is 0 Å². The number of hydrogen-bond donors (Lipinski definition) is 3. The molecule has 18 heavy (non-hydrogen) atoms. The lowest BCUT2D eigenvalue weighted by Crippen LogP contribution is -2.42. The Morgan fingerprint density at radius 2 is 2.06 bits per heavy atom. The Morgan fingerprint density at radius 3 is 2.67 bits per heavy atom. The maximum absolute atomic E-state index is 13.2. The van der Waals surface area contributed by atoms with Crippen LogP contribution in [0.3, 0.4) is 0 Å². The molecule has 0 fully saturated rings. The van der Waals surface area contributed by atoms with Crippen LogP contribution in [0.15, 0.2) is 30.5 Å². The zero-order valence-corrected chi connectivity index (χ0v) is 9.68. The molecule has 0 aliphatic rings. The maximum atomic E-state index is 13.2. The largest absolute Gasteiger partial charge is 0.480 e. The van der Waals surface area contributed by atoms with E-state index in [-0.39, 0.29) is 0 Å². The van der Waals surface area contributed by atoms with Gasteiger partial charge in [-0.05, 0) is 19.1 Å². The van der Waals surface area contributed by atoms with E-state index in [1.165, 1.54) is 25.3 Å². The molecule has 1 rings (SSSR count). The van der Waals surface area contributed by atoms with Crippen molar-refractivity contribution in [3.8, 4) is 0 Å². The molecule has 2 amide bonds. The van der Waals surface area contributed by atoms with E-state index in [4.69, 9.17) is 5.11 Å². The summed E-state index contributed by atoms with van der Waals surface area (Å²) in [5, 5.41) is 13.0. The third-order valence-corrected chi connectivity index (χ3v) is 2.10. The zero-order chi connectivity index (χ0) is 13.5. The number of benzene rings is 1. The number of nitrogens with one attached hydrogen (secondary N) is 2. The minimum absolute atomic E-state index is 0.323. The molecular weight excluding hydrogens is 239 g/mol. The van der Waals surface area contributed by atoms with Gasteiger partial charge in [0.25, 0.3) is 0 Å². The third kappa shape index (κ3) is 4.25. The first kappa shape index (κ1) is 13.7. The molecule has 6 heteroatoms. The topological polar surface area (TPSA) is 78.4 Å². The molecule has 0 bridgehead atoms. The molecule has 5 nitrogen and oxygen atoms in total. The fraction of sp³-hybridized carbons (Fsp3) is 0.167. The molecule has 0 spiro atoms. The number of carboxylic acids is 1. The Balaban J connectivity index is 2.48. The molecule has 0 saturated heterocycles. The number of urea groups is 1. The van der Waals surface area contributed by atoms with Crippen LogP contribution in [0.4, 0.5) is 9.18 Å². The van der Waals surface area contributed by atoms with Crippen LogP contribution in [0.2, 0.25) is 0 Å². The molecule has 0 aromatic heterocycles. The molecule has 0 aliphatic heterocycles. The first-order valence-corrected chi connectivity index (χ1v) is 5.21. The Bertz CT molecular complexity index is 474. The fourth-order valence-corrected chi connectivity index (χ4v) is 1.12. The first-order chi connectivity index (χ1) is 8.50. The minimum Gasteiger partial charge on any atom is -0.480 e. The van der Waals surface area contributed by atoms with Crippen molar-refractivity contribution in [2.24, 2.45) is 0 Å². The minimum atomic E-state index is -1.14. The molecule has 0 radical (unpaired) electrons. The maximum Gasteiger partial charge on any atom is 0.325 e. The number of halogens is 1. The number of carboxylic acid groups (broad SMARTS) is 1. The second-order valence-electron chi connectivity index (χ2n) is 3.53. The zero-order valence-electron chi connectivity index (χ0n) is 9.68. The number of hydrogen-bond acceptors (Lipinski definition) is 2. The van der Waals surface area contributed by atoms with Crippen LogP contribution in [0, 0.1) is 5.82 Å². The summed E-state index contributed by atoms with van der Waals surface area (Å²) in [6, 6.07) is 4.40. The number of amides is 2. The van der Waals surface area contributed by atoms with Gasteiger partial charge >= 0.3 is 12.0 Å². The van der Waals surface area contributed by atoms with Crippen LogP contribution in [0.25, 0.3) is 6.08 Å². The number of carbonyl (C=O) groups is 2. The van der Waals surface area contributed by atoms with E-state index in [9.17, 15) is 14.0 Å². The van der Waals surface area contributed by atoms with E-state index < -0.39 is 23.9 Å². The second-order valence-corrected chi connectivity index (χ2v) is 3.53. The van der Waals surface area contributed by atoms with Crippen molar-refractivity contribution in [2.45, 2.75) is 13.0 Å². The lowest BCUT2D eigenvalue weighted by Gasteiger charge is -2.08. The van der Waals surface area contributed by atoms with Crippen LogP contribution in [0.1, 0.15) is 12.5 Å². The first-order valence-electron chi connectivity index (χ1n) is 5.21. The molecule has 1 atom stereocenters. The normalized spacial score (nSPS) is 12.1. The second kappa shape index (κ2) is 6.39. The summed E-state index contributed by atoms with van der Waals surface area (Å²) in [4.78, 5) is 21.7. The Kier molecular flexibility index (Phi) is 4.86. The average molecular weight is 252 g/mol. The van der Waals surface area contributed by atoms with Gasteiger partial charge in [-0.15, -0.1) is 0 Å². The van der Waals surface area contributed by atoms with Crippen LogP contribution in [0.5, 0.6) is 0 Å². The predicted octanol–water partition coefficient (Wildman–Crippen LogP) is 1.57. The summed E-state index contributed by atoms with van der Waals surface area (Å²) in [5.41, 5.74) is 0.323. The van der Waals surface area contributed by atoms with Gasteiger partial charge in [0.2, 0.25) is 0 Å². The quantitative estimate of drug-likeness (QED) is 0.761. The van der Waals surface area contributed by atoms with E-state index in [0.717, 1.165) is 0 Å². The number of carbonyl (C=O) groups excluding carboxylic acids is 1. The predicted molar refractivity (Wildman–Crippen MR) is 64.2 cm³/mol. The van der Waals surface area contributed by atoms with E-state index in [1.54, 1.807) is 18.2 Å². The highest BCUT2D eigenvalue weighted by Gasteiger charge is 2.12. The summed E-state index contributed by atoms with van der Waals surface area (Å²) in [7, 11) is 0. The van der Waals surface area contributed by atoms with Crippen molar-refractivity contribution in [1.29, 1.82) is 0 Å². The van der Waals surface area contributed by atoms with Gasteiger partial charge in [0.15, 0.2) is 0 Å². The smallest absolute Gasteiger partial charge is 0.325 e. The van der Waals surface area contributed by atoms with Crippen molar-refractivity contribution in [3.63, 3.8) is 0 Å². The Hall–Kier alpha value is -2.37. The van der Waals surface area contributed by atoms with Gasteiger partial charge in [0, 0.05) is 11.8 Å². The summed E-state index contributed by atoms with van der Waals surface area (Å²) >= 11 is 0. The van der Waals surface area contributed by atoms with Crippen molar-refractivity contribution in [1.82, 2.24) is 10.6 Å². The summed E-state index contributed by atoms with van der Waals surface area (Å²) < 4.78 is 13.2. The molecule has 3 N–H and O–H groups in total. The molecular formula is C12H13FN2O3. The number of rotatable bonds is 4. The molecule has 1 aromatic carbocycles. The fourth-order valence-electron chi connectivity index (χ4n) is 1.12. The Morgan fingerprint density at radius 1 is 1.39 bits per heavy atom. The van der Waals surface area contributed by atoms with Crippen molar-refractivity contribution < 1.29 is 19.1 Å². The van der Waals surface area contributed by atoms with E-state index in [1.807, 2.05) is 0 Å². The van der Waals surface area contributed by atoms with Crippen molar-refractivity contribution in [3.05, 3.63) is 41.8 Å². The average Bonchev–Trinajstić information content (AvgIpc) is 2.31. The highest BCUT2D eigenvalue weighted by molar-refractivity contribution is 5.82. The van der Waals surface area contributed by atoms with Gasteiger partial charge in [-0.3, -0.25) is 4.79 Å². The SMILES string of the molecule is CC(NC(=O)N/C=C/c1ccccc1F)C(=O)O. The molecule has 1 aromatic rings. The van der Waals surface area contributed by atoms with Gasteiger partial charge < -0.3 is 15.7 Å². The van der Waals surface area contributed by atoms with Gasteiger partial charge in [0.05, 0.1) is 0 Å². The van der Waals surface area contributed by atoms with E-state index >= 15 is 0 Å². The highest BCUT2D eigenvalue weighted by Crippen LogP contribution is 2.07. The standard InChI is InChI=1S/C12H13FN2O3/c1-8(11(16)17)15-12(18)14-7-6-9-4-2-3-5-10(9)13/h2-8H,1H3,(H,16,17)(H2,14,15,18)/b7-6+. The van der Waals surface area contributed by atoms with Gasteiger partial charge in [-0.2, -0.15) is 0 Å². The van der Waals surface area contributed by atoms with Crippen LogP contribution < -0.4 is 10.6 Å². The summed E-state index contributed by atoms with van der Waals surface area (Å²) in [5.74, 6) is -1.54. The molecule has 0 heterocycles. The molecule has 0 aliphatic carbocycles. The lowest BCUT2D eigenvalue weighted by molar-refractivity contribution is -0.138. The highest BCUT2D eigenvalue weighted by atomic mass is 19.1. The lowest BCUT2D eigenvalue weighted by atomic mass is 10.2. The summed E-state index contributed by atoms with van der Waals surface area (Å²) in [6.45, 7) is 1.34. The van der Waals surface area contributed by atoms with Crippen molar-refractivity contribution in [2.75, 3.05) is 0 Å². The van der Waals surface area contributed by atoms with Gasteiger partial charge in [-0.25, -0.2) is 9.18 Å². The molecule has 96 valence electrons. The monoisotopic (exact) mass is 252 g/mol. The van der Waals surface area contributed by atoms with Crippen LogP contribution in [-0.2, 0) is 4.79 Å². The molecule has 0 saturated carbocycles. The Labute approximate surface area is 103 Å². The number of aliphatic carboxylic acids is 1. The van der Waals surface area contributed by atoms with E-state index in [0.29, 0.717) is 5.56 Å². The van der Waals surface area contributed by atoms with Gasteiger partial charge in [0.1, 0.15) is 11.9 Å². The molecule has 1 unspecified atom stereocenters.